The maximum absolute atomic E-state index is 15.7. The number of nitrogens with two attached hydrogens (primary N) is 1. The minimum absolute atomic E-state index is 0.0365. The summed E-state index contributed by atoms with van der Waals surface area (Å²) in [6.07, 6.45) is 3.36. The molecule has 67 heavy (non-hydrogen) atoms. The normalized spacial score (nSPS) is 15.6. The zero-order valence-corrected chi connectivity index (χ0v) is 37.6. The molecule has 4 aromatic carbocycles. The van der Waals surface area contributed by atoms with Crippen LogP contribution in [-0.4, -0.2) is 113 Å². The number of nitrogens with zero attached hydrogens (tertiary/aromatic N) is 6. The molecule has 0 saturated carbocycles. The maximum Gasteiger partial charge on any atom is 0.261 e. The number of ether oxygens (including phenoxy) is 1. The van der Waals surface area contributed by atoms with Gasteiger partial charge in [0.1, 0.15) is 40.4 Å². The number of rotatable bonds is 15. The van der Waals surface area contributed by atoms with Gasteiger partial charge in [0.05, 0.1) is 5.69 Å². The first-order valence-electron chi connectivity index (χ1n) is 22.7. The van der Waals surface area contributed by atoms with Crippen molar-refractivity contribution in [1.82, 2.24) is 29.8 Å². The smallest absolute Gasteiger partial charge is 0.261 e. The van der Waals surface area contributed by atoms with Gasteiger partial charge in [-0.3, -0.25) is 43.9 Å². The van der Waals surface area contributed by atoms with Crippen molar-refractivity contribution in [3.63, 3.8) is 0 Å². The van der Waals surface area contributed by atoms with E-state index >= 15 is 4.39 Å². The Kier molecular flexibility index (Phi) is 14.1. The van der Waals surface area contributed by atoms with E-state index in [1.807, 2.05) is 87.9 Å². The molecular weight excluding hydrogens is 858 g/mol. The lowest BCUT2D eigenvalue weighted by molar-refractivity contribution is -0.133. The summed E-state index contributed by atoms with van der Waals surface area (Å²) in [6, 6.07) is 24.0. The SMILES string of the molecule is CCCC(C(=O)NC=O)N(C=O)C(=O)c1cc(F)c(N2CCN(CC3CCN(C(=O)c4ccc5c(c4)Nc4c(C(N)=O)c(-c6ccc(Oc7ccccc7)cc6)nn4CC5)CC3)CC2)cc1C. The molecule has 1 aromatic heterocycles. The van der Waals surface area contributed by atoms with E-state index in [1.165, 1.54) is 0 Å². The van der Waals surface area contributed by atoms with E-state index in [9.17, 15) is 28.8 Å². The number of halogens is 1. The van der Waals surface area contributed by atoms with Crippen molar-refractivity contribution in [3.05, 3.63) is 119 Å². The molecule has 3 aliphatic rings. The van der Waals surface area contributed by atoms with Gasteiger partial charge in [-0.2, -0.15) is 5.10 Å². The molecule has 348 valence electrons. The van der Waals surface area contributed by atoms with Gasteiger partial charge in [0.2, 0.25) is 18.7 Å². The van der Waals surface area contributed by atoms with Crippen LogP contribution < -0.4 is 26.0 Å². The van der Waals surface area contributed by atoms with Crippen LogP contribution in [0.2, 0.25) is 0 Å². The Morgan fingerprint density at radius 1 is 0.925 bits per heavy atom. The number of hydrogen-bond acceptors (Lipinski definition) is 11. The maximum atomic E-state index is 15.7. The van der Waals surface area contributed by atoms with Crippen molar-refractivity contribution in [2.45, 2.75) is 58.5 Å². The minimum Gasteiger partial charge on any atom is -0.457 e. The molecule has 3 aliphatic heterocycles. The van der Waals surface area contributed by atoms with Crippen molar-refractivity contribution in [3.8, 4) is 22.8 Å². The summed E-state index contributed by atoms with van der Waals surface area (Å²) in [5, 5.41) is 10.2. The Bertz CT molecular complexity index is 2660. The molecule has 0 bridgehead atoms. The summed E-state index contributed by atoms with van der Waals surface area (Å²) in [6.45, 7) is 8.57. The van der Waals surface area contributed by atoms with Crippen LogP contribution in [0.15, 0.2) is 84.9 Å². The van der Waals surface area contributed by atoms with E-state index in [4.69, 9.17) is 15.6 Å². The number of primary amides is 1. The highest BCUT2D eigenvalue weighted by Gasteiger charge is 2.33. The van der Waals surface area contributed by atoms with Gasteiger partial charge in [0.15, 0.2) is 0 Å². The van der Waals surface area contributed by atoms with Crippen molar-refractivity contribution in [2.24, 2.45) is 11.7 Å². The zero-order chi connectivity index (χ0) is 47.2. The number of aromatic nitrogens is 2. The lowest BCUT2D eigenvalue weighted by Crippen LogP contribution is -2.49. The summed E-state index contributed by atoms with van der Waals surface area (Å²) in [4.78, 5) is 82.7. The Morgan fingerprint density at radius 3 is 2.31 bits per heavy atom. The summed E-state index contributed by atoms with van der Waals surface area (Å²) < 4.78 is 23.4. The zero-order valence-electron chi connectivity index (χ0n) is 37.6. The monoisotopic (exact) mass is 911 g/mol. The van der Waals surface area contributed by atoms with Crippen LogP contribution in [0.3, 0.4) is 0 Å². The Morgan fingerprint density at radius 2 is 1.64 bits per heavy atom. The first-order valence-corrected chi connectivity index (χ1v) is 22.7. The Hall–Kier alpha value is -7.40. The van der Waals surface area contributed by atoms with Crippen LogP contribution >= 0.6 is 0 Å². The molecule has 0 aliphatic carbocycles. The average Bonchev–Trinajstić information content (AvgIpc) is 3.60. The summed E-state index contributed by atoms with van der Waals surface area (Å²) >= 11 is 0. The van der Waals surface area contributed by atoms with Gasteiger partial charge in [-0.15, -0.1) is 0 Å². The molecular formula is C50H54FN9O7. The predicted octanol–water partition coefficient (Wildman–Crippen LogP) is 5.90. The minimum atomic E-state index is -1.21. The first kappa shape index (κ1) is 46.1. The molecule has 1 atom stereocenters. The standard InChI is InChI=1S/C50H54FN9O7/c1-3-7-42(48(64)53-30-61)59(31-62)50(66)39-28-40(51)43(26-32(39)2)57-24-22-56(23-25-57)29-33-16-19-58(20-17-33)49(65)36-11-10-34-18-21-60-47(54-41(34)27-36)44(46(52)63)45(55-60)35-12-14-38(15-13-35)67-37-8-5-4-6-9-37/h4-6,8-15,26-28,30-31,33,42,54H,3,7,16-25,29H2,1-2H3,(H2,52,63)(H,53,61,64). The predicted molar refractivity (Wildman–Crippen MR) is 250 cm³/mol. The number of likely N-dealkylation sites (tertiary alicyclic amines) is 1. The van der Waals surface area contributed by atoms with Crippen molar-refractivity contribution in [1.29, 1.82) is 0 Å². The van der Waals surface area contributed by atoms with Crippen LogP contribution in [0.25, 0.3) is 11.3 Å². The molecule has 16 nitrogen and oxygen atoms in total. The first-order chi connectivity index (χ1) is 32.5. The molecule has 8 rings (SSSR count). The van der Waals surface area contributed by atoms with Gasteiger partial charge in [-0.25, -0.2) is 9.07 Å². The second-order valence-corrected chi connectivity index (χ2v) is 17.2. The van der Waals surface area contributed by atoms with E-state index < -0.39 is 29.6 Å². The number of amides is 6. The number of carbonyl (C=O) groups is 6. The molecule has 6 amide bonds. The average molecular weight is 912 g/mol. The number of aryl methyl sites for hydroxylation is 3. The van der Waals surface area contributed by atoms with Gasteiger partial charge in [0, 0.05) is 74.7 Å². The fourth-order valence-corrected chi connectivity index (χ4v) is 9.29. The fourth-order valence-electron chi connectivity index (χ4n) is 9.29. The van der Waals surface area contributed by atoms with Crippen LogP contribution in [0, 0.1) is 18.7 Å². The van der Waals surface area contributed by atoms with Crippen molar-refractivity contribution in [2.75, 3.05) is 56.0 Å². The van der Waals surface area contributed by atoms with Crippen molar-refractivity contribution >= 4 is 53.6 Å². The Labute approximate surface area is 387 Å². The number of piperidine rings is 1. The number of nitrogens with one attached hydrogen (secondary N) is 2. The van der Waals surface area contributed by atoms with Crippen LogP contribution in [-0.2, 0) is 27.3 Å². The number of imide groups is 2. The highest BCUT2D eigenvalue weighted by molar-refractivity contribution is 6.06. The molecule has 2 saturated heterocycles. The second-order valence-electron chi connectivity index (χ2n) is 17.2. The number of anilines is 3. The molecule has 4 heterocycles. The van der Waals surface area contributed by atoms with Gasteiger partial charge < -0.3 is 25.6 Å². The van der Waals surface area contributed by atoms with Gasteiger partial charge >= 0.3 is 0 Å². The summed E-state index contributed by atoms with van der Waals surface area (Å²) in [5.74, 6) is -0.676. The number of benzene rings is 4. The molecule has 0 radical (unpaired) electrons. The molecule has 5 aromatic rings. The molecule has 1 unspecified atom stereocenters. The summed E-state index contributed by atoms with van der Waals surface area (Å²) in [5.41, 5.74) is 10.5. The number of para-hydroxylation sites is 1. The number of piperazine rings is 1. The van der Waals surface area contributed by atoms with E-state index in [0.29, 0.717) is 110 Å². The number of hydrogen-bond donors (Lipinski definition) is 3. The van der Waals surface area contributed by atoms with Crippen LogP contribution in [0.5, 0.6) is 11.5 Å². The quantitative estimate of drug-likeness (QED) is 0.106. The number of fused-ring (bicyclic) bond motifs is 2. The molecule has 17 heteroatoms. The van der Waals surface area contributed by atoms with E-state index in [-0.39, 0.29) is 36.3 Å². The van der Waals surface area contributed by atoms with Crippen LogP contribution in [0.1, 0.15) is 74.8 Å². The van der Waals surface area contributed by atoms with Crippen molar-refractivity contribution < 1.29 is 37.9 Å². The van der Waals surface area contributed by atoms with E-state index in [0.717, 1.165) is 41.6 Å². The lowest BCUT2D eigenvalue weighted by Gasteiger charge is -2.40. The molecule has 0 spiro atoms. The van der Waals surface area contributed by atoms with E-state index in [2.05, 4.69) is 10.2 Å². The summed E-state index contributed by atoms with van der Waals surface area (Å²) in [7, 11) is 0. The molecule has 4 N–H and O–H groups in total. The number of carbonyl (C=O) groups excluding carboxylic acids is 6. The van der Waals surface area contributed by atoms with Gasteiger partial charge in [-0.05, 0) is 110 Å². The lowest BCUT2D eigenvalue weighted by atomic mass is 9.95. The third kappa shape index (κ3) is 10.1. The molecule has 2 fully saturated rings. The van der Waals surface area contributed by atoms with Gasteiger partial charge in [0.25, 0.3) is 17.7 Å². The Balaban J connectivity index is 0.853. The largest absolute Gasteiger partial charge is 0.457 e. The fraction of sp³-hybridized carbons (Fsp3) is 0.340. The second kappa shape index (κ2) is 20.4. The van der Waals surface area contributed by atoms with E-state index in [1.54, 1.807) is 24.6 Å². The highest BCUT2D eigenvalue weighted by Crippen LogP contribution is 2.36. The van der Waals surface area contributed by atoms with Gasteiger partial charge in [-0.1, -0.05) is 37.6 Å². The topological polar surface area (TPSA) is 193 Å². The van der Waals surface area contributed by atoms with Crippen LogP contribution in [0.4, 0.5) is 21.6 Å². The third-order valence-corrected chi connectivity index (χ3v) is 12.9. The third-order valence-electron chi connectivity index (χ3n) is 12.9. The highest BCUT2D eigenvalue weighted by atomic mass is 19.1.